The second-order valence-corrected chi connectivity index (χ2v) is 7.68. The van der Waals surface area contributed by atoms with Gasteiger partial charge >= 0.3 is 6.09 Å². The SMILES string of the molecule is CC(C)c1ccc(CC2CN(C(=O)OC(C)(C)C)CCN2)cc1. The third-order valence-corrected chi connectivity index (χ3v) is 4.04. The number of nitrogens with zero attached hydrogens (tertiary/aromatic N) is 1. The topological polar surface area (TPSA) is 41.6 Å². The van der Waals surface area contributed by atoms with Crippen molar-refractivity contribution >= 4 is 6.09 Å². The van der Waals surface area contributed by atoms with Crippen molar-refractivity contribution in [2.75, 3.05) is 19.6 Å². The molecule has 1 fully saturated rings. The summed E-state index contributed by atoms with van der Waals surface area (Å²) in [6.45, 7) is 12.3. The first-order chi connectivity index (χ1) is 10.7. The van der Waals surface area contributed by atoms with E-state index in [-0.39, 0.29) is 12.1 Å². The summed E-state index contributed by atoms with van der Waals surface area (Å²) in [4.78, 5) is 14.0. The third kappa shape index (κ3) is 5.54. The van der Waals surface area contributed by atoms with E-state index in [0.29, 0.717) is 19.0 Å². The van der Waals surface area contributed by atoms with Crippen LogP contribution in [0.3, 0.4) is 0 Å². The molecule has 1 aliphatic rings. The molecule has 1 heterocycles. The first-order valence-corrected chi connectivity index (χ1v) is 8.55. The molecule has 4 nitrogen and oxygen atoms in total. The van der Waals surface area contributed by atoms with Crippen LogP contribution in [0.1, 0.15) is 51.7 Å². The van der Waals surface area contributed by atoms with Crippen LogP contribution in [-0.4, -0.2) is 42.3 Å². The second-order valence-electron chi connectivity index (χ2n) is 7.68. The average molecular weight is 318 g/mol. The van der Waals surface area contributed by atoms with E-state index in [1.807, 2.05) is 25.7 Å². The fourth-order valence-electron chi connectivity index (χ4n) is 2.78. The van der Waals surface area contributed by atoms with Crippen molar-refractivity contribution in [2.45, 2.75) is 58.6 Å². The molecule has 1 unspecified atom stereocenters. The van der Waals surface area contributed by atoms with Crippen molar-refractivity contribution < 1.29 is 9.53 Å². The number of nitrogens with one attached hydrogen (secondary N) is 1. The standard InChI is InChI=1S/C19H30N2O2/c1-14(2)16-8-6-15(7-9-16)12-17-13-21(11-10-20-17)18(22)23-19(3,4)5/h6-9,14,17,20H,10-13H2,1-5H3. The summed E-state index contributed by atoms with van der Waals surface area (Å²) in [5.41, 5.74) is 2.23. The number of piperazine rings is 1. The Hall–Kier alpha value is -1.55. The molecule has 1 N–H and O–H groups in total. The fraction of sp³-hybridized carbons (Fsp3) is 0.632. The number of benzene rings is 1. The molecule has 1 amide bonds. The lowest BCUT2D eigenvalue weighted by molar-refractivity contribution is 0.0195. The van der Waals surface area contributed by atoms with E-state index < -0.39 is 5.60 Å². The highest BCUT2D eigenvalue weighted by molar-refractivity contribution is 5.68. The molecule has 1 aromatic rings. The molecule has 1 saturated heterocycles. The summed E-state index contributed by atoms with van der Waals surface area (Å²) in [7, 11) is 0. The Labute approximate surface area is 140 Å². The number of amides is 1. The number of hydrogen-bond acceptors (Lipinski definition) is 3. The normalized spacial score (nSPS) is 19.0. The molecule has 128 valence electrons. The van der Waals surface area contributed by atoms with E-state index >= 15 is 0 Å². The quantitative estimate of drug-likeness (QED) is 0.926. The summed E-state index contributed by atoms with van der Waals surface area (Å²) in [6.07, 6.45) is 0.719. The number of ether oxygens (including phenoxy) is 1. The van der Waals surface area contributed by atoms with Gasteiger partial charge in [0.1, 0.15) is 5.60 Å². The van der Waals surface area contributed by atoms with Crippen molar-refractivity contribution in [3.63, 3.8) is 0 Å². The zero-order valence-corrected chi connectivity index (χ0v) is 15.1. The van der Waals surface area contributed by atoms with Gasteiger partial charge in [-0.2, -0.15) is 0 Å². The molecule has 1 atom stereocenters. The highest BCUT2D eigenvalue weighted by Gasteiger charge is 2.27. The predicted molar refractivity (Wildman–Crippen MR) is 93.8 cm³/mol. The molecule has 4 heteroatoms. The van der Waals surface area contributed by atoms with Crippen LogP contribution >= 0.6 is 0 Å². The van der Waals surface area contributed by atoms with E-state index in [1.54, 1.807) is 0 Å². The summed E-state index contributed by atoms with van der Waals surface area (Å²) < 4.78 is 5.48. The van der Waals surface area contributed by atoms with Crippen LogP contribution in [0.4, 0.5) is 4.79 Å². The lowest BCUT2D eigenvalue weighted by Gasteiger charge is -2.35. The Balaban J connectivity index is 1.92. The van der Waals surface area contributed by atoms with Crippen molar-refractivity contribution in [3.05, 3.63) is 35.4 Å². The minimum atomic E-state index is -0.440. The largest absolute Gasteiger partial charge is 0.444 e. The maximum absolute atomic E-state index is 12.2. The molecule has 0 radical (unpaired) electrons. The van der Waals surface area contributed by atoms with Gasteiger partial charge in [0, 0.05) is 25.7 Å². The lowest BCUT2D eigenvalue weighted by atomic mass is 9.98. The molecule has 23 heavy (non-hydrogen) atoms. The maximum Gasteiger partial charge on any atom is 0.410 e. The number of rotatable bonds is 3. The molecule has 2 rings (SSSR count). The summed E-state index contributed by atoms with van der Waals surface area (Å²) in [6, 6.07) is 9.08. The number of carbonyl (C=O) groups excluding carboxylic acids is 1. The predicted octanol–water partition coefficient (Wildman–Crippen LogP) is 3.56. The molecular formula is C19H30N2O2. The van der Waals surface area contributed by atoms with Crippen LogP contribution in [0.2, 0.25) is 0 Å². The van der Waals surface area contributed by atoms with Crippen LogP contribution < -0.4 is 5.32 Å². The molecule has 0 aromatic heterocycles. The zero-order valence-electron chi connectivity index (χ0n) is 15.1. The Morgan fingerprint density at radius 3 is 2.52 bits per heavy atom. The number of carbonyl (C=O) groups is 1. The van der Waals surface area contributed by atoms with E-state index in [2.05, 4.69) is 43.4 Å². The van der Waals surface area contributed by atoms with Crippen molar-refractivity contribution in [2.24, 2.45) is 0 Å². The van der Waals surface area contributed by atoms with Crippen LogP contribution in [0, 0.1) is 0 Å². The van der Waals surface area contributed by atoms with Crippen LogP contribution in [0.25, 0.3) is 0 Å². The lowest BCUT2D eigenvalue weighted by Crippen LogP contribution is -2.54. The Morgan fingerprint density at radius 2 is 1.96 bits per heavy atom. The van der Waals surface area contributed by atoms with Gasteiger partial charge in [0.05, 0.1) is 0 Å². The van der Waals surface area contributed by atoms with E-state index in [1.165, 1.54) is 11.1 Å². The minimum absolute atomic E-state index is 0.209. The third-order valence-electron chi connectivity index (χ3n) is 4.04. The van der Waals surface area contributed by atoms with Crippen LogP contribution in [-0.2, 0) is 11.2 Å². The Morgan fingerprint density at radius 1 is 1.30 bits per heavy atom. The van der Waals surface area contributed by atoms with Gasteiger partial charge in [-0.15, -0.1) is 0 Å². The highest BCUT2D eigenvalue weighted by atomic mass is 16.6. The van der Waals surface area contributed by atoms with Gasteiger partial charge in [0.25, 0.3) is 0 Å². The molecule has 1 aromatic carbocycles. The zero-order chi connectivity index (χ0) is 17.0. The summed E-state index contributed by atoms with van der Waals surface area (Å²) in [5, 5.41) is 3.50. The molecule has 0 saturated carbocycles. The molecule has 0 bridgehead atoms. The average Bonchev–Trinajstić information content (AvgIpc) is 2.46. The maximum atomic E-state index is 12.2. The van der Waals surface area contributed by atoms with Gasteiger partial charge in [-0.1, -0.05) is 38.1 Å². The Kier molecular flexibility index (Phi) is 5.69. The van der Waals surface area contributed by atoms with Crippen molar-refractivity contribution in [1.82, 2.24) is 10.2 Å². The second kappa shape index (κ2) is 7.35. The van der Waals surface area contributed by atoms with E-state index in [0.717, 1.165) is 13.0 Å². The smallest absolute Gasteiger partial charge is 0.410 e. The Bertz CT molecular complexity index is 517. The van der Waals surface area contributed by atoms with Crippen molar-refractivity contribution in [1.29, 1.82) is 0 Å². The number of hydrogen-bond donors (Lipinski definition) is 1. The van der Waals surface area contributed by atoms with Gasteiger partial charge < -0.3 is 15.0 Å². The van der Waals surface area contributed by atoms with Crippen LogP contribution in [0.5, 0.6) is 0 Å². The molecule has 0 spiro atoms. The van der Waals surface area contributed by atoms with Gasteiger partial charge in [0.15, 0.2) is 0 Å². The van der Waals surface area contributed by atoms with Crippen molar-refractivity contribution in [3.8, 4) is 0 Å². The minimum Gasteiger partial charge on any atom is -0.444 e. The summed E-state index contributed by atoms with van der Waals surface area (Å²) in [5.74, 6) is 0.555. The monoisotopic (exact) mass is 318 g/mol. The molecular weight excluding hydrogens is 288 g/mol. The van der Waals surface area contributed by atoms with Gasteiger partial charge in [0.2, 0.25) is 0 Å². The fourth-order valence-corrected chi connectivity index (χ4v) is 2.78. The molecule has 0 aliphatic carbocycles. The highest BCUT2D eigenvalue weighted by Crippen LogP contribution is 2.17. The van der Waals surface area contributed by atoms with Gasteiger partial charge in [-0.05, 0) is 44.2 Å². The summed E-state index contributed by atoms with van der Waals surface area (Å²) >= 11 is 0. The van der Waals surface area contributed by atoms with Crippen LogP contribution in [0.15, 0.2) is 24.3 Å². The first-order valence-electron chi connectivity index (χ1n) is 8.55. The van der Waals surface area contributed by atoms with E-state index in [9.17, 15) is 4.79 Å². The van der Waals surface area contributed by atoms with E-state index in [4.69, 9.17) is 4.74 Å². The first kappa shape index (κ1) is 17.8. The van der Waals surface area contributed by atoms with Gasteiger partial charge in [-0.25, -0.2) is 4.79 Å². The van der Waals surface area contributed by atoms with Gasteiger partial charge in [-0.3, -0.25) is 0 Å². The molecule has 1 aliphatic heterocycles.